The molecule has 1 amide bonds. The molecule has 29 heavy (non-hydrogen) atoms. The maximum absolute atomic E-state index is 12.4. The van der Waals surface area contributed by atoms with E-state index in [-0.39, 0.29) is 12.3 Å². The zero-order valence-corrected chi connectivity index (χ0v) is 17.3. The number of carbonyl (C=O) groups is 2. The van der Waals surface area contributed by atoms with Crippen LogP contribution < -0.4 is 10.1 Å². The molecule has 2 N–H and O–H groups in total. The third-order valence-corrected chi connectivity index (χ3v) is 4.42. The highest BCUT2D eigenvalue weighted by atomic mass is 16.5. The normalized spacial score (nSPS) is 11.0. The Morgan fingerprint density at radius 3 is 2.48 bits per heavy atom. The summed E-state index contributed by atoms with van der Waals surface area (Å²) in [4.78, 5) is 23.2. The van der Waals surface area contributed by atoms with Crippen molar-refractivity contribution in [2.24, 2.45) is 0 Å². The molecule has 0 radical (unpaired) electrons. The van der Waals surface area contributed by atoms with Crippen molar-refractivity contribution < 1.29 is 19.4 Å². The minimum Gasteiger partial charge on any atom is -0.491 e. The zero-order chi connectivity index (χ0) is 21.2. The third-order valence-electron chi connectivity index (χ3n) is 4.42. The lowest BCUT2D eigenvalue weighted by Crippen LogP contribution is -2.10. The Morgan fingerprint density at radius 1 is 1.14 bits per heavy atom. The Morgan fingerprint density at radius 2 is 1.86 bits per heavy atom. The first-order chi connectivity index (χ1) is 13.9. The Bertz CT molecular complexity index is 854. The van der Waals surface area contributed by atoms with Gasteiger partial charge in [-0.3, -0.25) is 9.59 Å². The van der Waals surface area contributed by atoms with Gasteiger partial charge in [0.15, 0.2) is 0 Å². The largest absolute Gasteiger partial charge is 0.491 e. The number of nitrogens with one attached hydrogen (secondary N) is 1. The number of ether oxygens (including phenoxy) is 1. The molecule has 0 fully saturated rings. The first-order valence-electron chi connectivity index (χ1n) is 9.95. The van der Waals surface area contributed by atoms with Gasteiger partial charge in [-0.25, -0.2) is 0 Å². The van der Waals surface area contributed by atoms with Gasteiger partial charge in [0.1, 0.15) is 5.75 Å². The van der Waals surface area contributed by atoms with Gasteiger partial charge in [-0.15, -0.1) is 0 Å². The van der Waals surface area contributed by atoms with E-state index in [0.717, 1.165) is 17.5 Å². The maximum Gasteiger partial charge on any atom is 0.303 e. The fourth-order valence-electron chi connectivity index (χ4n) is 2.76. The van der Waals surface area contributed by atoms with E-state index >= 15 is 0 Å². The van der Waals surface area contributed by atoms with Gasteiger partial charge in [-0.2, -0.15) is 0 Å². The fourth-order valence-corrected chi connectivity index (χ4v) is 2.76. The predicted molar refractivity (Wildman–Crippen MR) is 116 cm³/mol. The van der Waals surface area contributed by atoms with Crippen LogP contribution in [0.25, 0.3) is 6.08 Å². The number of hydrogen-bond acceptors (Lipinski definition) is 3. The van der Waals surface area contributed by atoms with Crippen LogP contribution in [0.5, 0.6) is 5.75 Å². The Balaban J connectivity index is 2.10. The molecule has 0 aromatic heterocycles. The summed E-state index contributed by atoms with van der Waals surface area (Å²) in [7, 11) is 0. The van der Waals surface area contributed by atoms with Crippen LogP contribution in [0.3, 0.4) is 0 Å². The van der Waals surface area contributed by atoms with Crippen LogP contribution in [-0.2, 0) is 16.0 Å². The second kappa shape index (κ2) is 11.1. The number of benzene rings is 2. The first-order valence-corrected chi connectivity index (χ1v) is 9.95. The first kappa shape index (κ1) is 22.2. The number of aryl methyl sites for hydroxylation is 1. The number of anilines is 1. The lowest BCUT2D eigenvalue weighted by molar-refractivity contribution is -0.137. The van der Waals surface area contributed by atoms with Crippen LogP contribution in [0, 0.1) is 0 Å². The van der Waals surface area contributed by atoms with Gasteiger partial charge >= 0.3 is 5.97 Å². The number of rotatable bonds is 10. The molecule has 0 unspecified atom stereocenters. The molecule has 5 heteroatoms. The van der Waals surface area contributed by atoms with Gasteiger partial charge in [0, 0.05) is 12.5 Å². The van der Waals surface area contributed by atoms with Crippen molar-refractivity contribution >= 4 is 23.6 Å². The summed E-state index contributed by atoms with van der Waals surface area (Å²) in [6, 6.07) is 13.5. The minimum atomic E-state index is -0.853. The van der Waals surface area contributed by atoms with Crippen molar-refractivity contribution in [1.82, 2.24) is 0 Å². The lowest BCUT2D eigenvalue weighted by atomic mass is 10.0. The molecule has 0 aliphatic rings. The van der Waals surface area contributed by atoms with Crippen molar-refractivity contribution in [3.05, 3.63) is 65.2 Å². The summed E-state index contributed by atoms with van der Waals surface area (Å²) >= 11 is 0. The van der Waals surface area contributed by atoms with E-state index in [1.807, 2.05) is 25.1 Å². The van der Waals surface area contributed by atoms with E-state index in [4.69, 9.17) is 9.84 Å². The quantitative estimate of drug-likeness (QED) is 0.538. The van der Waals surface area contributed by atoms with Crippen LogP contribution in [-0.4, -0.2) is 23.6 Å². The van der Waals surface area contributed by atoms with Gasteiger partial charge in [0.2, 0.25) is 5.91 Å². The standard InChI is InChI=1S/C24H29NO4/c1-4-15-29-22-12-7-19(9-14-24(27)28)16-21(22)25-23(26)13-8-18-5-10-20(11-6-18)17(2)3/h5-8,10-13,16-17H,4,9,14-15H2,1-3H3,(H,25,26)(H,27,28)/b13-8+. The molecule has 0 aliphatic heterocycles. The molecule has 0 spiro atoms. The monoisotopic (exact) mass is 395 g/mol. The molecular formula is C24H29NO4. The van der Waals surface area contributed by atoms with Gasteiger partial charge < -0.3 is 15.2 Å². The van der Waals surface area contributed by atoms with Crippen LogP contribution in [0.15, 0.2) is 48.5 Å². The van der Waals surface area contributed by atoms with Gasteiger partial charge in [0.25, 0.3) is 0 Å². The van der Waals surface area contributed by atoms with Crippen LogP contribution >= 0.6 is 0 Å². The molecule has 0 saturated carbocycles. The van der Waals surface area contributed by atoms with Crippen molar-refractivity contribution in [1.29, 1.82) is 0 Å². The third kappa shape index (κ3) is 7.45. The Kier molecular flexibility index (Phi) is 8.46. The van der Waals surface area contributed by atoms with E-state index in [9.17, 15) is 9.59 Å². The predicted octanol–water partition coefficient (Wildman–Crippen LogP) is 5.27. The van der Waals surface area contributed by atoms with Crippen molar-refractivity contribution in [3.63, 3.8) is 0 Å². The van der Waals surface area contributed by atoms with E-state index in [2.05, 4.69) is 31.3 Å². The fraction of sp³-hybridized carbons (Fsp3) is 0.333. The topological polar surface area (TPSA) is 75.6 Å². The summed E-state index contributed by atoms with van der Waals surface area (Å²) in [5.74, 6) is -0.0804. The average Bonchev–Trinajstić information content (AvgIpc) is 2.70. The summed E-state index contributed by atoms with van der Waals surface area (Å²) in [5.41, 5.74) is 3.58. The second-order valence-corrected chi connectivity index (χ2v) is 7.22. The van der Waals surface area contributed by atoms with E-state index in [1.165, 1.54) is 11.6 Å². The second-order valence-electron chi connectivity index (χ2n) is 7.22. The molecule has 2 rings (SSSR count). The van der Waals surface area contributed by atoms with E-state index < -0.39 is 5.97 Å². The highest BCUT2D eigenvalue weighted by molar-refractivity contribution is 6.02. The number of carbonyl (C=O) groups excluding carboxylic acids is 1. The van der Waals surface area contributed by atoms with Crippen molar-refractivity contribution in [3.8, 4) is 5.75 Å². The molecule has 0 aliphatic carbocycles. The molecule has 2 aromatic carbocycles. The smallest absolute Gasteiger partial charge is 0.303 e. The summed E-state index contributed by atoms with van der Waals surface area (Å²) in [5, 5.41) is 11.7. The van der Waals surface area contributed by atoms with Crippen LogP contribution in [0.4, 0.5) is 5.69 Å². The maximum atomic E-state index is 12.4. The van der Waals surface area contributed by atoms with E-state index in [0.29, 0.717) is 30.4 Å². The van der Waals surface area contributed by atoms with E-state index in [1.54, 1.807) is 18.2 Å². The molecule has 0 heterocycles. The SMILES string of the molecule is CCCOc1ccc(CCC(=O)O)cc1NC(=O)/C=C/c1ccc(C(C)C)cc1. The van der Waals surface area contributed by atoms with Crippen LogP contribution in [0.2, 0.25) is 0 Å². The van der Waals surface area contributed by atoms with Gasteiger partial charge in [0.05, 0.1) is 12.3 Å². The number of hydrogen-bond donors (Lipinski definition) is 2. The number of carboxylic acid groups (broad SMARTS) is 1. The number of carboxylic acids is 1. The Hall–Kier alpha value is -3.08. The van der Waals surface area contributed by atoms with Crippen molar-refractivity contribution in [2.45, 2.75) is 46.0 Å². The molecule has 5 nitrogen and oxygen atoms in total. The zero-order valence-electron chi connectivity index (χ0n) is 17.3. The molecule has 0 atom stereocenters. The number of amides is 1. The minimum absolute atomic E-state index is 0.0365. The van der Waals surface area contributed by atoms with Gasteiger partial charge in [-0.1, -0.05) is 51.1 Å². The molecule has 154 valence electrons. The lowest BCUT2D eigenvalue weighted by Gasteiger charge is -2.13. The highest BCUT2D eigenvalue weighted by Gasteiger charge is 2.09. The Labute approximate surface area is 172 Å². The molecule has 0 bridgehead atoms. The molecule has 0 saturated heterocycles. The summed E-state index contributed by atoms with van der Waals surface area (Å²) < 4.78 is 5.71. The molecule has 2 aromatic rings. The molecular weight excluding hydrogens is 366 g/mol. The highest BCUT2D eigenvalue weighted by Crippen LogP contribution is 2.27. The summed E-state index contributed by atoms with van der Waals surface area (Å²) in [6.07, 6.45) is 4.53. The summed E-state index contributed by atoms with van der Waals surface area (Å²) in [6.45, 7) is 6.82. The van der Waals surface area contributed by atoms with Crippen molar-refractivity contribution in [2.75, 3.05) is 11.9 Å². The van der Waals surface area contributed by atoms with Gasteiger partial charge in [-0.05, 0) is 53.7 Å². The van der Waals surface area contributed by atoms with Crippen LogP contribution in [0.1, 0.15) is 56.2 Å². The average molecular weight is 395 g/mol. The number of aliphatic carboxylic acids is 1.